The highest BCUT2D eigenvalue weighted by Crippen LogP contribution is 2.39. The molecule has 3 rings (SSSR count). The second-order valence-electron chi connectivity index (χ2n) is 4.67. The van der Waals surface area contributed by atoms with Crippen LogP contribution in [0.15, 0.2) is 24.3 Å². The normalized spacial score (nSPS) is 14.2. The Kier molecular flexibility index (Phi) is 3.42. The van der Waals surface area contributed by atoms with E-state index in [2.05, 4.69) is 20.7 Å². The predicted molar refractivity (Wildman–Crippen MR) is 76.5 cm³/mol. The van der Waals surface area contributed by atoms with Gasteiger partial charge in [-0.2, -0.15) is 0 Å². The van der Waals surface area contributed by atoms with E-state index in [1.807, 2.05) is 0 Å². The molecule has 0 aliphatic heterocycles. The minimum atomic E-state index is -0.456. The number of anilines is 3. The van der Waals surface area contributed by atoms with Crippen molar-refractivity contribution < 1.29 is 4.39 Å². The summed E-state index contributed by atoms with van der Waals surface area (Å²) in [4.78, 5) is 8.75. The largest absolute Gasteiger partial charge is 0.340 e. The summed E-state index contributed by atoms with van der Waals surface area (Å²) in [5.41, 5.74) is 3.17. The topological polar surface area (TPSA) is 75.9 Å². The fraction of sp³-hybridized carbons (Fsp3) is 0.231. The Bertz CT molecular complexity index is 645. The third kappa shape index (κ3) is 2.81. The molecule has 1 aromatic heterocycles. The van der Waals surface area contributed by atoms with Crippen molar-refractivity contribution in [3.63, 3.8) is 0 Å². The summed E-state index contributed by atoms with van der Waals surface area (Å²) in [6.07, 6.45) is 2.19. The molecule has 4 N–H and O–H groups in total. The van der Waals surface area contributed by atoms with Crippen LogP contribution in [0.2, 0.25) is 5.02 Å². The lowest BCUT2D eigenvalue weighted by Crippen LogP contribution is -2.11. The number of halogens is 2. The Morgan fingerprint density at radius 1 is 1.20 bits per heavy atom. The molecule has 7 heteroatoms. The van der Waals surface area contributed by atoms with E-state index in [1.165, 1.54) is 12.1 Å². The maximum absolute atomic E-state index is 13.1. The lowest BCUT2D eigenvalue weighted by atomic mass is 10.3. The SMILES string of the molecule is NNc1cc(Nc2ccc(F)c(Cl)c2)nc(C2CC2)n1. The molecule has 1 aromatic carbocycles. The van der Waals surface area contributed by atoms with Gasteiger partial charge in [-0.25, -0.2) is 20.2 Å². The molecule has 0 radical (unpaired) electrons. The molecule has 0 amide bonds. The van der Waals surface area contributed by atoms with Crippen LogP contribution in [0.25, 0.3) is 0 Å². The number of nitrogens with two attached hydrogens (primary N) is 1. The van der Waals surface area contributed by atoms with E-state index < -0.39 is 5.82 Å². The van der Waals surface area contributed by atoms with Gasteiger partial charge in [-0.05, 0) is 31.0 Å². The molecule has 0 unspecified atom stereocenters. The number of hydrogen-bond donors (Lipinski definition) is 3. The van der Waals surface area contributed by atoms with Crippen molar-refractivity contribution in [2.24, 2.45) is 5.84 Å². The summed E-state index contributed by atoms with van der Waals surface area (Å²) in [6, 6.07) is 6.08. The summed E-state index contributed by atoms with van der Waals surface area (Å²) in [7, 11) is 0. The van der Waals surface area contributed by atoms with Gasteiger partial charge in [0.2, 0.25) is 0 Å². The van der Waals surface area contributed by atoms with Crippen LogP contribution in [0.3, 0.4) is 0 Å². The number of benzene rings is 1. The van der Waals surface area contributed by atoms with Crippen molar-refractivity contribution in [1.29, 1.82) is 0 Å². The molecule has 0 bridgehead atoms. The maximum atomic E-state index is 13.1. The molecule has 0 spiro atoms. The summed E-state index contributed by atoms with van der Waals surface area (Å²) < 4.78 is 13.1. The third-order valence-corrected chi connectivity index (χ3v) is 3.32. The summed E-state index contributed by atoms with van der Waals surface area (Å²) >= 11 is 5.75. The van der Waals surface area contributed by atoms with E-state index in [0.29, 0.717) is 23.2 Å². The van der Waals surface area contributed by atoms with Crippen LogP contribution in [0.4, 0.5) is 21.7 Å². The van der Waals surface area contributed by atoms with Gasteiger partial charge >= 0.3 is 0 Å². The fourth-order valence-corrected chi connectivity index (χ4v) is 2.03. The highest BCUT2D eigenvalue weighted by Gasteiger charge is 2.27. The van der Waals surface area contributed by atoms with Crippen LogP contribution in [0, 0.1) is 5.82 Å². The van der Waals surface area contributed by atoms with Crippen molar-refractivity contribution in [1.82, 2.24) is 9.97 Å². The third-order valence-electron chi connectivity index (χ3n) is 3.03. The van der Waals surface area contributed by atoms with Gasteiger partial charge in [0.25, 0.3) is 0 Å². The van der Waals surface area contributed by atoms with Crippen molar-refractivity contribution in [2.45, 2.75) is 18.8 Å². The van der Waals surface area contributed by atoms with E-state index in [-0.39, 0.29) is 5.02 Å². The van der Waals surface area contributed by atoms with Crippen molar-refractivity contribution in [3.8, 4) is 0 Å². The Morgan fingerprint density at radius 3 is 2.60 bits per heavy atom. The van der Waals surface area contributed by atoms with Gasteiger partial charge in [0.1, 0.15) is 23.3 Å². The molecule has 104 valence electrons. The molecule has 5 nitrogen and oxygen atoms in total. The first-order valence-corrected chi connectivity index (χ1v) is 6.61. The standard InChI is InChI=1S/C13H13ClFN5/c14-9-5-8(3-4-10(9)15)17-11-6-12(20-16)19-13(18-11)7-1-2-7/h3-7H,1-2,16H2,(H2,17,18,19,20). The monoisotopic (exact) mass is 293 g/mol. The summed E-state index contributed by atoms with van der Waals surface area (Å²) in [6.45, 7) is 0. The van der Waals surface area contributed by atoms with Gasteiger partial charge < -0.3 is 10.7 Å². The summed E-state index contributed by atoms with van der Waals surface area (Å²) in [5, 5.41) is 3.13. The molecule has 0 saturated heterocycles. The van der Waals surface area contributed by atoms with Gasteiger partial charge in [-0.15, -0.1) is 0 Å². The predicted octanol–water partition coefficient (Wildman–Crippen LogP) is 3.18. The highest BCUT2D eigenvalue weighted by atomic mass is 35.5. The second-order valence-corrected chi connectivity index (χ2v) is 5.08. The van der Waals surface area contributed by atoms with E-state index >= 15 is 0 Å². The number of rotatable bonds is 4. The average Bonchev–Trinajstić information content (AvgIpc) is 3.27. The molecule has 1 heterocycles. The quantitative estimate of drug-likeness (QED) is 0.596. The van der Waals surface area contributed by atoms with Crippen molar-refractivity contribution in [2.75, 3.05) is 10.7 Å². The molecule has 1 saturated carbocycles. The molecule has 0 atom stereocenters. The molecular formula is C13H13ClFN5. The Hall–Kier alpha value is -1.92. The number of nitrogens with one attached hydrogen (secondary N) is 2. The van der Waals surface area contributed by atoms with Crippen LogP contribution in [-0.2, 0) is 0 Å². The average molecular weight is 294 g/mol. The van der Waals surface area contributed by atoms with E-state index in [0.717, 1.165) is 18.7 Å². The molecule has 1 fully saturated rings. The molecule has 2 aromatic rings. The van der Waals surface area contributed by atoms with Gasteiger partial charge in [-0.3, -0.25) is 0 Å². The van der Waals surface area contributed by atoms with Gasteiger partial charge in [-0.1, -0.05) is 11.6 Å². The van der Waals surface area contributed by atoms with Crippen LogP contribution in [0.1, 0.15) is 24.6 Å². The van der Waals surface area contributed by atoms with Crippen LogP contribution in [0.5, 0.6) is 0 Å². The van der Waals surface area contributed by atoms with Crippen molar-refractivity contribution in [3.05, 3.63) is 40.9 Å². The maximum Gasteiger partial charge on any atom is 0.145 e. The zero-order valence-corrected chi connectivity index (χ0v) is 11.3. The minimum absolute atomic E-state index is 0.0589. The van der Waals surface area contributed by atoms with Crippen LogP contribution in [-0.4, -0.2) is 9.97 Å². The Balaban J connectivity index is 1.88. The van der Waals surface area contributed by atoms with Gasteiger partial charge in [0, 0.05) is 17.7 Å². The first kappa shape index (κ1) is 13.1. The lowest BCUT2D eigenvalue weighted by Gasteiger charge is -2.10. The molecule has 1 aliphatic carbocycles. The van der Waals surface area contributed by atoms with Gasteiger partial charge in [0.15, 0.2) is 0 Å². The number of nitrogen functional groups attached to an aromatic ring is 1. The molecule has 1 aliphatic rings. The second kappa shape index (κ2) is 5.22. The number of hydrogen-bond acceptors (Lipinski definition) is 5. The van der Waals surface area contributed by atoms with Crippen molar-refractivity contribution >= 4 is 28.9 Å². The van der Waals surface area contributed by atoms with E-state index in [1.54, 1.807) is 12.1 Å². The fourth-order valence-electron chi connectivity index (χ4n) is 1.85. The summed E-state index contributed by atoms with van der Waals surface area (Å²) in [5.74, 6) is 7.25. The number of hydrazine groups is 1. The van der Waals surface area contributed by atoms with E-state index in [9.17, 15) is 4.39 Å². The Labute approximate surface area is 120 Å². The molecule has 20 heavy (non-hydrogen) atoms. The smallest absolute Gasteiger partial charge is 0.145 e. The number of nitrogens with zero attached hydrogens (tertiary/aromatic N) is 2. The Morgan fingerprint density at radius 2 is 1.95 bits per heavy atom. The van der Waals surface area contributed by atoms with E-state index in [4.69, 9.17) is 17.4 Å². The zero-order valence-electron chi connectivity index (χ0n) is 10.5. The first-order valence-electron chi connectivity index (χ1n) is 6.23. The van der Waals surface area contributed by atoms with Crippen LogP contribution >= 0.6 is 11.6 Å². The molecular weight excluding hydrogens is 281 g/mol. The van der Waals surface area contributed by atoms with Gasteiger partial charge in [0.05, 0.1) is 5.02 Å². The van der Waals surface area contributed by atoms with Crippen LogP contribution < -0.4 is 16.6 Å². The zero-order chi connectivity index (χ0) is 14.1. The minimum Gasteiger partial charge on any atom is -0.340 e. The number of aromatic nitrogens is 2. The first-order chi connectivity index (χ1) is 9.65. The lowest BCUT2D eigenvalue weighted by molar-refractivity contribution is 0.628. The highest BCUT2D eigenvalue weighted by molar-refractivity contribution is 6.31.